The minimum Gasteiger partial charge on any atom is -0.367 e. The number of nitrogens with one attached hydrogen (secondary N) is 1. The monoisotopic (exact) mass is 260 g/mol. The predicted octanol–water partition coefficient (Wildman–Crippen LogP) is 3.61. The van der Waals surface area contributed by atoms with Gasteiger partial charge in [0.05, 0.1) is 0 Å². The molecule has 2 rings (SSSR count). The second kappa shape index (κ2) is 6.95. The lowest BCUT2D eigenvalue weighted by Crippen LogP contribution is -2.44. The number of nitrogens with zero attached hydrogens (tertiary/aromatic N) is 1. The van der Waals surface area contributed by atoms with E-state index in [1.165, 1.54) is 43.5 Å². The van der Waals surface area contributed by atoms with Gasteiger partial charge in [-0.3, -0.25) is 0 Å². The highest BCUT2D eigenvalue weighted by Crippen LogP contribution is 2.28. The molecule has 19 heavy (non-hydrogen) atoms. The number of benzene rings is 1. The number of hydrogen-bond acceptors (Lipinski definition) is 2. The first-order valence-corrected chi connectivity index (χ1v) is 7.80. The van der Waals surface area contributed by atoms with Crippen LogP contribution >= 0.6 is 0 Å². The van der Waals surface area contributed by atoms with Crippen molar-refractivity contribution in [3.05, 3.63) is 29.8 Å². The molecule has 0 bridgehead atoms. The summed E-state index contributed by atoms with van der Waals surface area (Å²) in [5, 5.41) is 3.60. The first kappa shape index (κ1) is 14.4. The van der Waals surface area contributed by atoms with Crippen molar-refractivity contribution in [3.8, 4) is 0 Å². The molecule has 0 radical (unpaired) electrons. The highest BCUT2D eigenvalue weighted by Gasteiger charge is 2.21. The molecule has 0 aromatic heterocycles. The number of rotatable bonds is 5. The van der Waals surface area contributed by atoms with Gasteiger partial charge in [-0.2, -0.15) is 0 Å². The molecule has 0 saturated heterocycles. The van der Waals surface area contributed by atoms with E-state index >= 15 is 0 Å². The van der Waals surface area contributed by atoms with Crippen LogP contribution < -0.4 is 10.2 Å². The zero-order valence-electron chi connectivity index (χ0n) is 12.7. The number of aryl methyl sites for hydroxylation is 1. The van der Waals surface area contributed by atoms with E-state index in [4.69, 9.17) is 0 Å². The van der Waals surface area contributed by atoms with Crippen LogP contribution in [0.2, 0.25) is 0 Å². The van der Waals surface area contributed by atoms with Crippen molar-refractivity contribution in [2.24, 2.45) is 0 Å². The summed E-state index contributed by atoms with van der Waals surface area (Å²) in [6.45, 7) is 9.05. The lowest BCUT2D eigenvalue weighted by atomic mass is 10.1. The molecule has 1 atom stereocenters. The van der Waals surface area contributed by atoms with Crippen molar-refractivity contribution in [3.63, 3.8) is 0 Å². The molecule has 2 heteroatoms. The quantitative estimate of drug-likeness (QED) is 0.870. The number of hydrogen-bond donors (Lipinski definition) is 1. The Bertz CT molecular complexity index is 387. The van der Waals surface area contributed by atoms with Gasteiger partial charge in [0.2, 0.25) is 0 Å². The summed E-state index contributed by atoms with van der Waals surface area (Å²) in [6.07, 6.45) is 5.07. The van der Waals surface area contributed by atoms with E-state index in [0.29, 0.717) is 12.1 Å². The van der Waals surface area contributed by atoms with E-state index in [9.17, 15) is 0 Å². The Morgan fingerprint density at radius 1 is 1.21 bits per heavy atom. The summed E-state index contributed by atoms with van der Waals surface area (Å²) in [5.74, 6) is 0. The molecular formula is C17H28N2. The van der Waals surface area contributed by atoms with E-state index < -0.39 is 0 Å². The molecule has 2 nitrogen and oxygen atoms in total. The Hall–Kier alpha value is -1.02. The topological polar surface area (TPSA) is 15.3 Å². The van der Waals surface area contributed by atoms with Gasteiger partial charge in [-0.1, -0.05) is 39.0 Å². The van der Waals surface area contributed by atoms with E-state index in [1.54, 1.807) is 0 Å². The first-order chi connectivity index (χ1) is 9.22. The molecule has 1 unspecified atom stereocenters. The second-order valence-electron chi connectivity index (χ2n) is 5.90. The maximum Gasteiger partial charge on any atom is 0.0412 e. The molecule has 0 amide bonds. The lowest BCUT2D eigenvalue weighted by Gasteiger charge is -2.34. The molecule has 0 aliphatic carbocycles. The smallest absolute Gasteiger partial charge is 0.0412 e. The molecule has 0 saturated carbocycles. The first-order valence-electron chi connectivity index (χ1n) is 7.80. The summed E-state index contributed by atoms with van der Waals surface area (Å²) < 4.78 is 0. The van der Waals surface area contributed by atoms with Crippen molar-refractivity contribution >= 4 is 5.69 Å². The van der Waals surface area contributed by atoms with Crippen molar-refractivity contribution in [2.75, 3.05) is 18.0 Å². The van der Waals surface area contributed by atoms with Crippen LogP contribution in [0.25, 0.3) is 0 Å². The third-order valence-electron chi connectivity index (χ3n) is 4.07. The Morgan fingerprint density at radius 3 is 2.74 bits per heavy atom. The van der Waals surface area contributed by atoms with Gasteiger partial charge in [0.1, 0.15) is 0 Å². The Morgan fingerprint density at radius 2 is 2.00 bits per heavy atom. The van der Waals surface area contributed by atoms with E-state index in [-0.39, 0.29) is 0 Å². The van der Waals surface area contributed by atoms with Gasteiger partial charge in [-0.15, -0.1) is 0 Å². The SMILES string of the molecule is CCC(CNC(C)C)N1CCCCc2ccccc21. The Kier molecular flexibility index (Phi) is 5.26. The fourth-order valence-corrected chi connectivity index (χ4v) is 2.95. The van der Waals surface area contributed by atoms with Crippen molar-refractivity contribution in [2.45, 2.75) is 58.5 Å². The molecule has 1 aliphatic rings. The Labute approximate surface area is 118 Å². The van der Waals surface area contributed by atoms with Crippen LogP contribution in [0.5, 0.6) is 0 Å². The van der Waals surface area contributed by atoms with Crippen LogP contribution in [-0.4, -0.2) is 25.2 Å². The van der Waals surface area contributed by atoms with Crippen LogP contribution in [0.15, 0.2) is 24.3 Å². The molecule has 1 aliphatic heterocycles. The van der Waals surface area contributed by atoms with Crippen molar-refractivity contribution < 1.29 is 0 Å². The van der Waals surface area contributed by atoms with Gasteiger partial charge in [-0.25, -0.2) is 0 Å². The number of para-hydroxylation sites is 1. The molecular weight excluding hydrogens is 232 g/mol. The summed E-state index contributed by atoms with van der Waals surface area (Å²) in [6, 6.07) is 10.1. The van der Waals surface area contributed by atoms with Gasteiger partial charge in [0.15, 0.2) is 0 Å². The van der Waals surface area contributed by atoms with Crippen LogP contribution in [0.1, 0.15) is 45.6 Å². The predicted molar refractivity (Wildman–Crippen MR) is 83.9 cm³/mol. The largest absolute Gasteiger partial charge is 0.367 e. The molecule has 1 aromatic carbocycles. The fourth-order valence-electron chi connectivity index (χ4n) is 2.95. The summed E-state index contributed by atoms with van der Waals surface area (Å²) >= 11 is 0. The minimum atomic E-state index is 0.566. The third kappa shape index (κ3) is 3.73. The van der Waals surface area contributed by atoms with E-state index in [1.807, 2.05) is 0 Å². The van der Waals surface area contributed by atoms with Crippen LogP contribution in [0.4, 0.5) is 5.69 Å². The van der Waals surface area contributed by atoms with E-state index in [0.717, 1.165) is 6.54 Å². The Balaban J connectivity index is 2.17. The summed E-state index contributed by atoms with van der Waals surface area (Å²) in [5.41, 5.74) is 3.00. The maximum atomic E-state index is 3.60. The van der Waals surface area contributed by atoms with Crippen LogP contribution in [0.3, 0.4) is 0 Å². The van der Waals surface area contributed by atoms with E-state index in [2.05, 4.69) is 55.3 Å². The molecule has 0 spiro atoms. The van der Waals surface area contributed by atoms with Crippen molar-refractivity contribution in [1.29, 1.82) is 0 Å². The standard InChI is InChI=1S/C17H28N2/c1-4-16(13-18-14(2)3)19-12-8-7-10-15-9-5-6-11-17(15)19/h5-6,9,11,14,16,18H,4,7-8,10,12-13H2,1-3H3. The lowest BCUT2D eigenvalue weighted by molar-refractivity contribution is 0.484. The molecule has 1 heterocycles. The summed E-state index contributed by atoms with van der Waals surface area (Å²) in [4.78, 5) is 2.64. The molecule has 1 aromatic rings. The average molecular weight is 260 g/mol. The van der Waals surface area contributed by atoms with Gasteiger partial charge >= 0.3 is 0 Å². The highest BCUT2D eigenvalue weighted by molar-refractivity contribution is 5.55. The van der Waals surface area contributed by atoms with Crippen LogP contribution in [0, 0.1) is 0 Å². The second-order valence-corrected chi connectivity index (χ2v) is 5.90. The highest BCUT2D eigenvalue weighted by atomic mass is 15.2. The van der Waals surface area contributed by atoms with Crippen molar-refractivity contribution in [1.82, 2.24) is 5.32 Å². The van der Waals surface area contributed by atoms with Gasteiger partial charge in [-0.05, 0) is 37.3 Å². The minimum absolute atomic E-state index is 0.566. The summed E-state index contributed by atoms with van der Waals surface area (Å²) in [7, 11) is 0. The number of anilines is 1. The zero-order valence-corrected chi connectivity index (χ0v) is 12.7. The van der Waals surface area contributed by atoms with Gasteiger partial charge in [0.25, 0.3) is 0 Å². The van der Waals surface area contributed by atoms with Crippen LogP contribution in [-0.2, 0) is 6.42 Å². The zero-order chi connectivity index (χ0) is 13.7. The fraction of sp³-hybridized carbons (Fsp3) is 0.647. The van der Waals surface area contributed by atoms with Gasteiger partial charge < -0.3 is 10.2 Å². The average Bonchev–Trinajstić information content (AvgIpc) is 2.62. The number of fused-ring (bicyclic) bond motifs is 1. The normalized spacial score (nSPS) is 17.2. The molecule has 0 fully saturated rings. The third-order valence-corrected chi connectivity index (χ3v) is 4.07. The molecule has 1 N–H and O–H groups in total. The molecule has 106 valence electrons. The maximum absolute atomic E-state index is 3.60. The van der Waals surface area contributed by atoms with Gasteiger partial charge in [0, 0.05) is 30.9 Å².